The predicted molar refractivity (Wildman–Crippen MR) is 59.4 cm³/mol. The second kappa shape index (κ2) is 5.17. The summed E-state index contributed by atoms with van der Waals surface area (Å²) in [5.74, 6) is -3.57. The Labute approximate surface area is 106 Å². The summed E-state index contributed by atoms with van der Waals surface area (Å²) in [6, 6.07) is 2.35. The maximum Gasteiger partial charge on any atom is 0.471 e. The highest BCUT2D eigenvalue weighted by Crippen LogP contribution is 2.32. The quantitative estimate of drug-likeness (QED) is 0.888. The van der Waals surface area contributed by atoms with Crippen LogP contribution in [0.5, 0.6) is 5.75 Å². The molecule has 0 unspecified atom stereocenters. The number of hydrogen-bond acceptors (Lipinski definition) is 3. The molecule has 0 aliphatic heterocycles. The number of halogens is 3. The fourth-order valence-corrected chi connectivity index (χ4v) is 1.43. The van der Waals surface area contributed by atoms with Crippen molar-refractivity contribution in [1.82, 2.24) is 0 Å². The van der Waals surface area contributed by atoms with Crippen LogP contribution in [0.3, 0.4) is 0 Å². The third kappa shape index (κ3) is 3.15. The van der Waals surface area contributed by atoms with Gasteiger partial charge in [-0.3, -0.25) is 4.79 Å². The maximum atomic E-state index is 12.2. The number of carbonyl (C=O) groups is 2. The average Bonchev–Trinajstić information content (AvgIpc) is 2.29. The monoisotopic (exact) mass is 277 g/mol. The number of rotatable bonds is 3. The minimum atomic E-state index is -5.07. The lowest BCUT2D eigenvalue weighted by molar-refractivity contribution is -0.167. The van der Waals surface area contributed by atoms with Crippen molar-refractivity contribution in [2.45, 2.75) is 13.1 Å². The molecule has 1 rings (SSSR count). The summed E-state index contributed by atoms with van der Waals surface area (Å²) in [6.45, 7) is 1.28. The van der Waals surface area contributed by atoms with E-state index in [9.17, 15) is 22.8 Å². The van der Waals surface area contributed by atoms with E-state index in [0.29, 0.717) is 0 Å². The molecular weight excluding hydrogens is 267 g/mol. The van der Waals surface area contributed by atoms with Crippen LogP contribution in [0.15, 0.2) is 12.1 Å². The van der Waals surface area contributed by atoms with Crippen LogP contribution in [0, 0.1) is 6.92 Å². The van der Waals surface area contributed by atoms with Gasteiger partial charge in [0.1, 0.15) is 5.75 Å². The number of carboxylic acid groups (broad SMARTS) is 1. The molecule has 0 aliphatic rings. The highest BCUT2D eigenvalue weighted by molar-refractivity contribution is 5.99. The first-order valence-electron chi connectivity index (χ1n) is 4.97. The number of aromatic carboxylic acids is 1. The Hall–Kier alpha value is -2.25. The molecule has 8 heteroatoms. The summed E-state index contributed by atoms with van der Waals surface area (Å²) < 4.78 is 41.4. The number of ether oxygens (including phenoxy) is 1. The molecule has 0 saturated heterocycles. The Morgan fingerprint density at radius 2 is 1.89 bits per heavy atom. The van der Waals surface area contributed by atoms with Gasteiger partial charge in [-0.1, -0.05) is 0 Å². The minimum absolute atomic E-state index is 0.0237. The highest BCUT2D eigenvalue weighted by atomic mass is 19.4. The number of carbonyl (C=O) groups excluding carboxylic acids is 1. The van der Waals surface area contributed by atoms with E-state index in [2.05, 4.69) is 0 Å². The molecule has 0 aliphatic carbocycles. The smallest absolute Gasteiger partial charge is 0.471 e. The van der Waals surface area contributed by atoms with E-state index in [1.807, 2.05) is 0 Å². The first-order valence-corrected chi connectivity index (χ1v) is 4.97. The Morgan fingerprint density at radius 1 is 1.32 bits per heavy atom. The second-order valence-electron chi connectivity index (χ2n) is 3.57. The van der Waals surface area contributed by atoms with E-state index in [0.717, 1.165) is 0 Å². The lowest BCUT2D eigenvalue weighted by atomic mass is 10.1. The molecule has 0 fully saturated rings. The van der Waals surface area contributed by atoms with E-state index in [1.165, 1.54) is 26.2 Å². The molecule has 0 bridgehead atoms. The van der Waals surface area contributed by atoms with Gasteiger partial charge in [-0.15, -0.1) is 0 Å². The Balaban J connectivity index is 3.28. The van der Waals surface area contributed by atoms with Gasteiger partial charge in [-0.05, 0) is 24.6 Å². The van der Waals surface area contributed by atoms with Crippen molar-refractivity contribution in [2.24, 2.45) is 0 Å². The number of carboxylic acids is 1. The van der Waals surface area contributed by atoms with E-state index >= 15 is 0 Å². The van der Waals surface area contributed by atoms with Crippen LogP contribution in [0.4, 0.5) is 18.9 Å². The zero-order valence-corrected chi connectivity index (χ0v) is 9.96. The first kappa shape index (κ1) is 14.8. The summed E-state index contributed by atoms with van der Waals surface area (Å²) >= 11 is 0. The zero-order chi connectivity index (χ0) is 14.8. The molecule has 0 heterocycles. The van der Waals surface area contributed by atoms with Crippen molar-refractivity contribution < 1.29 is 32.6 Å². The van der Waals surface area contributed by atoms with Crippen LogP contribution in [-0.4, -0.2) is 30.3 Å². The van der Waals surface area contributed by atoms with Gasteiger partial charge in [0, 0.05) is 0 Å². The topological polar surface area (TPSA) is 75.6 Å². The number of methoxy groups -OCH3 is 1. The fraction of sp³-hybridized carbons (Fsp3) is 0.273. The number of amides is 1. The molecule has 0 atom stereocenters. The average molecular weight is 277 g/mol. The molecule has 1 amide bonds. The summed E-state index contributed by atoms with van der Waals surface area (Å²) in [5.41, 5.74) is -0.563. The largest absolute Gasteiger partial charge is 0.495 e. The highest BCUT2D eigenvalue weighted by Gasteiger charge is 2.39. The molecule has 1 aromatic rings. The molecule has 0 spiro atoms. The fourth-order valence-electron chi connectivity index (χ4n) is 1.43. The maximum absolute atomic E-state index is 12.2. The molecule has 0 saturated carbocycles. The third-order valence-corrected chi connectivity index (χ3v) is 2.37. The SMILES string of the molecule is COc1ccc(C(=O)O)c(C)c1NC(=O)C(F)(F)F. The van der Waals surface area contributed by atoms with Crippen LogP contribution >= 0.6 is 0 Å². The van der Waals surface area contributed by atoms with E-state index in [4.69, 9.17) is 9.84 Å². The Kier molecular flexibility index (Phi) is 4.03. The molecule has 0 aromatic heterocycles. The number of benzene rings is 1. The molecular formula is C11H10F3NO4. The number of alkyl halides is 3. The van der Waals surface area contributed by atoms with Gasteiger partial charge < -0.3 is 15.2 Å². The molecule has 19 heavy (non-hydrogen) atoms. The normalized spacial score (nSPS) is 11.0. The molecule has 0 radical (unpaired) electrons. The van der Waals surface area contributed by atoms with Crippen molar-refractivity contribution in [3.8, 4) is 5.75 Å². The van der Waals surface area contributed by atoms with Gasteiger partial charge in [-0.2, -0.15) is 13.2 Å². The van der Waals surface area contributed by atoms with E-state index in [1.54, 1.807) is 5.32 Å². The van der Waals surface area contributed by atoms with Crippen molar-refractivity contribution in [3.63, 3.8) is 0 Å². The Morgan fingerprint density at radius 3 is 2.32 bits per heavy atom. The van der Waals surface area contributed by atoms with Gasteiger partial charge in [0.05, 0.1) is 18.4 Å². The zero-order valence-electron chi connectivity index (χ0n) is 9.96. The summed E-state index contributed by atoms with van der Waals surface area (Å²) in [7, 11) is 1.19. The van der Waals surface area contributed by atoms with Gasteiger partial charge in [0.15, 0.2) is 0 Å². The van der Waals surface area contributed by atoms with Crippen LogP contribution in [0.25, 0.3) is 0 Å². The van der Waals surface area contributed by atoms with Gasteiger partial charge in [0.25, 0.3) is 0 Å². The first-order chi connectivity index (χ1) is 8.68. The van der Waals surface area contributed by atoms with Crippen molar-refractivity contribution in [3.05, 3.63) is 23.3 Å². The minimum Gasteiger partial charge on any atom is -0.495 e. The van der Waals surface area contributed by atoms with Gasteiger partial charge in [-0.25, -0.2) is 4.79 Å². The van der Waals surface area contributed by atoms with Crippen LogP contribution in [0.1, 0.15) is 15.9 Å². The molecule has 1 aromatic carbocycles. The summed E-state index contributed by atoms with van der Waals surface area (Å²) in [6.07, 6.45) is -5.07. The van der Waals surface area contributed by atoms with Crippen LogP contribution < -0.4 is 10.1 Å². The van der Waals surface area contributed by atoms with Crippen molar-refractivity contribution in [1.29, 1.82) is 0 Å². The van der Waals surface area contributed by atoms with E-state index < -0.39 is 18.1 Å². The van der Waals surface area contributed by atoms with Crippen molar-refractivity contribution >= 4 is 17.6 Å². The summed E-state index contributed by atoms with van der Waals surface area (Å²) in [5, 5.41) is 10.5. The standard InChI is InChI=1S/C11H10F3NO4/c1-5-6(9(16)17)3-4-7(19-2)8(5)15-10(18)11(12,13)14/h3-4H,1-2H3,(H,15,18)(H,16,17). The number of anilines is 1. The van der Waals surface area contributed by atoms with Crippen LogP contribution in [0.2, 0.25) is 0 Å². The van der Waals surface area contributed by atoms with Crippen molar-refractivity contribution in [2.75, 3.05) is 12.4 Å². The molecule has 5 nitrogen and oxygen atoms in total. The second-order valence-corrected chi connectivity index (χ2v) is 3.57. The van der Waals surface area contributed by atoms with Gasteiger partial charge >= 0.3 is 18.1 Å². The van der Waals surface area contributed by atoms with Gasteiger partial charge in [0.2, 0.25) is 0 Å². The number of nitrogens with one attached hydrogen (secondary N) is 1. The van der Waals surface area contributed by atoms with E-state index in [-0.39, 0.29) is 22.6 Å². The summed E-state index contributed by atoms with van der Waals surface area (Å²) in [4.78, 5) is 21.8. The van der Waals surface area contributed by atoms with Crippen LogP contribution in [-0.2, 0) is 4.79 Å². The third-order valence-electron chi connectivity index (χ3n) is 2.37. The number of hydrogen-bond donors (Lipinski definition) is 2. The Bertz CT molecular complexity index is 525. The molecule has 104 valence electrons. The predicted octanol–water partition coefficient (Wildman–Crippen LogP) is 2.20. The lowest BCUT2D eigenvalue weighted by Gasteiger charge is -2.15. The molecule has 2 N–H and O–H groups in total. The lowest BCUT2D eigenvalue weighted by Crippen LogP contribution is -2.30.